The molecule has 1 aliphatic rings. The van der Waals surface area contributed by atoms with Crippen LogP contribution in [-0.4, -0.2) is 30.5 Å². The summed E-state index contributed by atoms with van der Waals surface area (Å²) >= 11 is 0. The van der Waals surface area contributed by atoms with Gasteiger partial charge in [0.25, 0.3) is 0 Å². The molecule has 5 heteroatoms. The molecule has 0 saturated heterocycles. The number of ether oxygens (including phenoxy) is 1. The minimum Gasteiger partial charge on any atom is -0.497 e. The molecule has 1 heterocycles. The molecule has 3 rings (SSSR count). The Hall–Kier alpha value is -2.46. The summed E-state index contributed by atoms with van der Waals surface area (Å²) in [5.41, 5.74) is 4.04. The zero-order chi connectivity index (χ0) is 18.0. The molecule has 1 N–H and O–H groups in total. The standard InChI is InChI=1S/C21H24N2O2.ClH/c1-21(2)14-15-7-5-6-8-18(15)19(23(21)3)13-20(24)22-16-9-11-17(25-4)12-10-16;/h5-13H,14H2,1-4H3,(H,22,24);1H. The van der Waals surface area contributed by atoms with Crippen LogP contribution in [0.5, 0.6) is 5.75 Å². The number of nitrogens with zero attached hydrogens (tertiary/aromatic N) is 1. The summed E-state index contributed by atoms with van der Waals surface area (Å²) in [6.07, 6.45) is 2.64. The van der Waals surface area contributed by atoms with Crippen LogP contribution in [0.1, 0.15) is 25.0 Å². The number of fused-ring (bicyclic) bond motifs is 1. The number of anilines is 1. The van der Waals surface area contributed by atoms with Gasteiger partial charge in [0, 0.05) is 35.6 Å². The molecule has 26 heavy (non-hydrogen) atoms. The minimum atomic E-state index is -0.139. The molecule has 2 aromatic carbocycles. The smallest absolute Gasteiger partial charge is 0.250 e. The molecule has 0 saturated carbocycles. The normalized spacial score (nSPS) is 16.5. The first-order valence-electron chi connectivity index (χ1n) is 8.39. The predicted octanol–water partition coefficient (Wildman–Crippen LogP) is 4.36. The molecular weight excluding hydrogens is 348 g/mol. The van der Waals surface area contributed by atoms with Crippen LogP contribution < -0.4 is 10.1 Å². The Morgan fingerprint density at radius 3 is 2.46 bits per heavy atom. The van der Waals surface area contributed by atoms with E-state index in [1.807, 2.05) is 37.4 Å². The highest BCUT2D eigenvalue weighted by Gasteiger charge is 2.33. The molecule has 1 amide bonds. The number of halogens is 1. The van der Waals surface area contributed by atoms with E-state index in [0.717, 1.165) is 29.1 Å². The van der Waals surface area contributed by atoms with Gasteiger partial charge in [0.1, 0.15) is 5.75 Å². The van der Waals surface area contributed by atoms with Crippen LogP contribution in [0, 0.1) is 0 Å². The first-order chi connectivity index (χ1) is 11.9. The van der Waals surface area contributed by atoms with Gasteiger partial charge in [-0.2, -0.15) is 0 Å². The maximum Gasteiger partial charge on any atom is 0.250 e. The average molecular weight is 373 g/mol. The fraction of sp³-hybridized carbons (Fsp3) is 0.286. The van der Waals surface area contributed by atoms with E-state index in [9.17, 15) is 4.79 Å². The van der Waals surface area contributed by atoms with Crippen LogP contribution in [0.3, 0.4) is 0 Å². The quantitative estimate of drug-likeness (QED) is 0.814. The Balaban J connectivity index is 0.00000243. The SMILES string of the molecule is COc1ccc(NC(=O)C=C2c3ccccc3CC(C)(C)N2C)cc1.Cl. The number of amides is 1. The summed E-state index contributed by atoms with van der Waals surface area (Å²) in [5.74, 6) is 0.624. The van der Waals surface area contributed by atoms with Crippen LogP contribution in [0.2, 0.25) is 0 Å². The van der Waals surface area contributed by atoms with Gasteiger partial charge < -0.3 is 15.0 Å². The third kappa shape index (κ3) is 4.02. The maximum absolute atomic E-state index is 12.6. The summed E-state index contributed by atoms with van der Waals surface area (Å²) in [7, 11) is 3.67. The number of hydrogen-bond acceptors (Lipinski definition) is 3. The number of carbonyl (C=O) groups excluding carboxylic acids is 1. The number of hydrogen-bond donors (Lipinski definition) is 1. The van der Waals surface area contributed by atoms with Gasteiger partial charge in [-0.1, -0.05) is 24.3 Å². The third-order valence-corrected chi connectivity index (χ3v) is 4.81. The van der Waals surface area contributed by atoms with Crippen molar-refractivity contribution < 1.29 is 9.53 Å². The Bertz CT molecular complexity index is 813. The second-order valence-electron chi connectivity index (χ2n) is 6.95. The van der Waals surface area contributed by atoms with E-state index < -0.39 is 0 Å². The van der Waals surface area contributed by atoms with Gasteiger partial charge in [-0.15, -0.1) is 12.4 Å². The lowest BCUT2D eigenvalue weighted by molar-refractivity contribution is -0.111. The lowest BCUT2D eigenvalue weighted by Gasteiger charge is -2.44. The molecule has 0 atom stereocenters. The average Bonchev–Trinajstić information content (AvgIpc) is 2.59. The van der Waals surface area contributed by atoms with Crippen molar-refractivity contribution >= 4 is 29.7 Å². The topological polar surface area (TPSA) is 41.6 Å². The highest BCUT2D eigenvalue weighted by molar-refractivity contribution is 6.04. The minimum absolute atomic E-state index is 0. The van der Waals surface area contributed by atoms with Crippen molar-refractivity contribution in [2.45, 2.75) is 25.8 Å². The molecule has 1 aliphatic heterocycles. The first kappa shape index (κ1) is 19.9. The largest absolute Gasteiger partial charge is 0.497 e. The lowest BCUT2D eigenvalue weighted by Crippen LogP contribution is -2.45. The Morgan fingerprint density at radius 2 is 1.81 bits per heavy atom. The van der Waals surface area contributed by atoms with Crippen molar-refractivity contribution in [1.82, 2.24) is 4.90 Å². The van der Waals surface area contributed by atoms with Crippen molar-refractivity contribution in [3.05, 3.63) is 65.7 Å². The highest BCUT2D eigenvalue weighted by Crippen LogP contribution is 2.36. The molecule has 2 aromatic rings. The van der Waals surface area contributed by atoms with Gasteiger partial charge in [0.15, 0.2) is 0 Å². The first-order valence-corrected chi connectivity index (χ1v) is 8.39. The molecule has 0 spiro atoms. The van der Waals surface area contributed by atoms with E-state index in [2.05, 4.69) is 42.3 Å². The number of rotatable bonds is 3. The highest BCUT2D eigenvalue weighted by atomic mass is 35.5. The molecule has 0 radical (unpaired) electrons. The molecule has 0 unspecified atom stereocenters. The Morgan fingerprint density at radius 1 is 1.15 bits per heavy atom. The van der Waals surface area contributed by atoms with Crippen molar-refractivity contribution in [2.24, 2.45) is 0 Å². The second kappa shape index (κ2) is 7.83. The van der Waals surface area contributed by atoms with Gasteiger partial charge in [-0.3, -0.25) is 4.79 Å². The zero-order valence-corrected chi connectivity index (χ0v) is 16.4. The second-order valence-corrected chi connectivity index (χ2v) is 6.95. The molecule has 0 aliphatic carbocycles. The predicted molar refractivity (Wildman–Crippen MR) is 109 cm³/mol. The zero-order valence-electron chi connectivity index (χ0n) is 15.6. The van der Waals surface area contributed by atoms with Crippen molar-refractivity contribution in [2.75, 3.05) is 19.5 Å². The molecule has 138 valence electrons. The Kier molecular flexibility index (Phi) is 5.98. The van der Waals surface area contributed by atoms with Crippen molar-refractivity contribution in [3.63, 3.8) is 0 Å². The fourth-order valence-electron chi connectivity index (χ4n) is 3.17. The number of carbonyl (C=O) groups is 1. The van der Waals surface area contributed by atoms with Gasteiger partial charge in [-0.25, -0.2) is 0 Å². The summed E-state index contributed by atoms with van der Waals surface area (Å²) in [6.45, 7) is 4.39. The fourth-order valence-corrected chi connectivity index (χ4v) is 3.17. The van der Waals surface area contributed by atoms with Gasteiger partial charge in [-0.05, 0) is 50.1 Å². The van der Waals surface area contributed by atoms with E-state index in [4.69, 9.17) is 4.74 Å². The van der Waals surface area contributed by atoms with Crippen LogP contribution in [-0.2, 0) is 11.2 Å². The number of methoxy groups -OCH3 is 1. The number of likely N-dealkylation sites (N-methyl/N-ethyl adjacent to an activating group) is 1. The van der Waals surface area contributed by atoms with Crippen LogP contribution in [0.15, 0.2) is 54.6 Å². The summed E-state index contributed by atoms with van der Waals surface area (Å²) in [5, 5.41) is 2.92. The molecule has 0 aromatic heterocycles. The van der Waals surface area contributed by atoms with Gasteiger partial charge >= 0.3 is 0 Å². The molecule has 0 bridgehead atoms. The van der Waals surface area contributed by atoms with Gasteiger partial charge in [0.2, 0.25) is 5.91 Å². The van der Waals surface area contributed by atoms with Crippen LogP contribution in [0.25, 0.3) is 5.70 Å². The van der Waals surface area contributed by atoms with Crippen molar-refractivity contribution in [3.8, 4) is 5.75 Å². The molecule has 4 nitrogen and oxygen atoms in total. The van der Waals surface area contributed by atoms with Gasteiger partial charge in [0.05, 0.1) is 7.11 Å². The van der Waals surface area contributed by atoms with E-state index >= 15 is 0 Å². The van der Waals surface area contributed by atoms with E-state index in [0.29, 0.717) is 0 Å². The van der Waals surface area contributed by atoms with E-state index in [1.54, 1.807) is 13.2 Å². The summed E-state index contributed by atoms with van der Waals surface area (Å²) < 4.78 is 5.14. The lowest BCUT2D eigenvalue weighted by atomic mass is 9.84. The van der Waals surface area contributed by atoms with Crippen LogP contribution in [0.4, 0.5) is 5.69 Å². The summed E-state index contributed by atoms with van der Waals surface area (Å²) in [6, 6.07) is 15.6. The van der Waals surface area contributed by atoms with Crippen molar-refractivity contribution in [1.29, 1.82) is 0 Å². The monoisotopic (exact) mass is 372 g/mol. The summed E-state index contributed by atoms with van der Waals surface area (Å²) in [4.78, 5) is 14.7. The third-order valence-electron chi connectivity index (χ3n) is 4.81. The maximum atomic E-state index is 12.6. The van der Waals surface area contributed by atoms with Crippen LogP contribution >= 0.6 is 12.4 Å². The number of benzene rings is 2. The van der Waals surface area contributed by atoms with E-state index in [-0.39, 0.29) is 23.9 Å². The number of nitrogens with one attached hydrogen (secondary N) is 1. The van der Waals surface area contributed by atoms with E-state index in [1.165, 1.54) is 5.56 Å². The Labute approximate surface area is 161 Å². The molecular formula is C21H25ClN2O2. The molecule has 0 fully saturated rings.